The van der Waals surface area contributed by atoms with Gasteiger partial charge in [0.1, 0.15) is 0 Å². The third kappa shape index (κ3) is 5.21. The third-order valence-corrected chi connectivity index (χ3v) is 2.61. The molecule has 0 aliphatic carbocycles. The first-order chi connectivity index (χ1) is 8.13. The monoisotopic (exact) mass is 277 g/mol. The number of anilines is 1. The highest BCUT2D eigenvalue weighted by Gasteiger charge is 2.10. The standard InChI is InChI=1S/C10H13Cl2N3O2/c11-7(3-5-16)6-9(17)14-15-10-8(12)2-1-4-13-10/h1-2,4,7,16H,3,5-6H2,(H,13,15)(H,14,17). The van der Waals surface area contributed by atoms with E-state index in [1.165, 1.54) is 0 Å². The lowest BCUT2D eigenvalue weighted by Gasteiger charge is -2.10. The minimum absolute atomic E-state index is 0.0407. The topological polar surface area (TPSA) is 74.2 Å². The molecule has 1 unspecified atom stereocenters. The molecule has 5 nitrogen and oxygen atoms in total. The normalized spacial score (nSPS) is 11.9. The van der Waals surface area contributed by atoms with Crippen LogP contribution in [0.2, 0.25) is 5.02 Å². The molecule has 94 valence electrons. The number of hydrogen-bond donors (Lipinski definition) is 3. The smallest absolute Gasteiger partial charge is 0.239 e. The van der Waals surface area contributed by atoms with Crippen molar-refractivity contribution in [3.8, 4) is 0 Å². The number of pyridine rings is 1. The summed E-state index contributed by atoms with van der Waals surface area (Å²) in [5, 5.41) is 8.65. The molecular formula is C10H13Cl2N3O2. The van der Waals surface area contributed by atoms with Gasteiger partial charge in [-0.2, -0.15) is 0 Å². The Morgan fingerprint density at radius 2 is 2.35 bits per heavy atom. The summed E-state index contributed by atoms with van der Waals surface area (Å²) in [7, 11) is 0. The molecule has 0 aliphatic heterocycles. The predicted molar refractivity (Wildman–Crippen MR) is 67.0 cm³/mol. The molecule has 0 spiro atoms. The summed E-state index contributed by atoms with van der Waals surface area (Å²) in [4.78, 5) is 15.3. The van der Waals surface area contributed by atoms with E-state index in [0.717, 1.165) is 0 Å². The van der Waals surface area contributed by atoms with Crippen molar-refractivity contribution in [2.24, 2.45) is 0 Å². The minimum Gasteiger partial charge on any atom is -0.396 e. The van der Waals surface area contributed by atoms with Crippen LogP contribution in [0.15, 0.2) is 18.3 Å². The molecule has 1 aromatic rings. The van der Waals surface area contributed by atoms with Crippen LogP contribution in [-0.2, 0) is 4.79 Å². The van der Waals surface area contributed by atoms with E-state index in [1.54, 1.807) is 18.3 Å². The van der Waals surface area contributed by atoms with Crippen molar-refractivity contribution in [3.05, 3.63) is 23.4 Å². The molecule has 0 aromatic carbocycles. The Morgan fingerprint density at radius 3 is 3.00 bits per heavy atom. The molecule has 1 aromatic heterocycles. The molecule has 3 N–H and O–H groups in total. The summed E-state index contributed by atoms with van der Waals surface area (Å²) in [6.45, 7) is -0.0407. The van der Waals surface area contributed by atoms with Crippen LogP contribution >= 0.6 is 23.2 Å². The second-order valence-corrected chi connectivity index (χ2v) is 4.35. The number of amides is 1. The van der Waals surface area contributed by atoms with Crippen molar-refractivity contribution in [3.63, 3.8) is 0 Å². The average molecular weight is 278 g/mol. The fourth-order valence-electron chi connectivity index (χ4n) is 1.10. The molecule has 7 heteroatoms. The first kappa shape index (κ1) is 14.0. The zero-order chi connectivity index (χ0) is 12.7. The summed E-state index contributed by atoms with van der Waals surface area (Å²) in [5.74, 6) is 0.0796. The van der Waals surface area contributed by atoms with Crippen LogP contribution in [0, 0.1) is 0 Å². The third-order valence-electron chi connectivity index (χ3n) is 1.93. The molecule has 0 radical (unpaired) electrons. The van der Waals surface area contributed by atoms with Crippen molar-refractivity contribution in [1.29, 1.82) is 0 Å². The SMILES string of the molecule is O=C(CC(Cl)CCO)NNc1ncccc1Cl. The molecule has 1 atom stereocenters. The van der Waals surface area contributed by atoms with Crippen LogP contribution in [-0.4, -0.2) is 28.0 Å². The number of alkyl halides is 1. The fourth-order valence-corrected chi connectivity index (χ4v) is 1.51. The Kier molecular flexibility index (Phi) is 6.04. The van der Waals surface area contributed by atoms with Gasteiger partial charge in [0, 0.05) is 24.6 Å². The number of hydrogen-bond acceptors (Lipinski definition) is 4. The van der Waals surface area contributed by atoms with Crippen molar-refractivity contribution < 1.29 is 9.90 Å². The quantitative estimate of drug-likeness (QED) is 0.545. The van der Waals surface area contributed by atoms with Crippen molar-refractivity contribution in [2.75, 3.05) is 12.0 Å². The minimum atomic E-state index is -0.388. The Hall–Kier alpha value is -1.04. The van der Waals surface area contributed by atoms with E-state index in [4.69, 9.17) is 28.3 Å². The van der Waals surface area contributed by atoms with Gasteiger partial charge in [0.25, 0.3) is 0 Å². The number of aliphatic hydroxyl groups excluding tert-OH is 1. The molecule has 1 amide bonds. The number of aromatic nitrogens is 1. The highest BCUT2D eigenvalue weighted by atomic mass is 35.5. The Balaban J connectivity index is 2.36. The van der Waals surface area contributed by atoms with E-state index >= 15 is 0 Å². The van der Waals surface area contributed by atoms with Gasteiger partial charge in [-0.05, 0) is 18.6 Å². The maximum Gasteiger partial charge on any atom is 0.239 e. The molecule has 0 saturated carbocycles. The van der Waals surface area contributed by atoms with Crippen LogP contribution < -0.4 is 10.9 Å². The summed E-state index contributed by atoms with van der Waals surface area (Å²) >= 11 is 11.6. The summed E-state index contributed by atoms with van der Waals surface area (Å²) in [6.07, 6.45) is 2.04. The highest BCUT2D eigenvalue weighted by molar-refractivity contribution is 6.32. The van der Waals surface area contributed by atoms with Gasteiger partial charge in [0.15, 0.2) is 5.82 Å². The summed E-state index contributed by atoms with van der Waals surface area (Å²) in [5.41, 5.74) is 5.02. The second kappa shape index (κ2) is 7.32. The van der Waals surface area contributed by atoms with Gasteiger partial charge in [0.05, 0.1) is 5.02 Å². The maximum absolute atomic E-state index is 11.4. The van der Waals surface area contributed by atoms with Crippen LogP contribution in [0.4, 0.5) is 5.82 Å². The Labute approximate surface area is 109 Å². The predicted octanol–water partition coefficient (Wildman–Crippen LogP) is 1.56. The van der Waals surface area contributed by atoms with Crippen LogP contribution in [0.5, 0.6) is 0 Å². The zero-order valence-corrected chi connectivity index (χ0v) is 10.5. The molecule has 1 heterocycles. The van der Waals surface area contributed by atoms with Gasteiger partial charge < -0.3 is 5.11 Å². The van der Waals surface area contributed by atoms with E-state index < -0.39 is 0 Å². The second-order valence-electron chi connectivity index (χ2n) is 3.32. The molecule has 0 aliphatic rings. The molecule has 0 saturated heterocycles. The van der Waals surface area contributed by atoms with Gasteiger partial charge in [-0.25, -0.2) is 4.98 Å². The Bertz CT molecular complexity index is 376. The van der Waals surface area contributed by atoms with E-state index in [9.17, 15) is 4.79 Å². The van der Waals surface area contributed by atoms with Crippen molar-refractivity contribution in [1.82, 2.24) is 10.4 Å². The summed E-state index contributed by atoms with van der Waals surface area (Å²) in [6, 6.07) is 3.34. The van der Waals surface area contributed by atoms with Gasteiger partial charge in [0.2, 0.25) is 5.91 Å². The number of rotatable bonds is 6. The molecule has 17 heavy (non-hydrogen) atoms. The van der Waals surface area contributed by atoms with Gasteiger partial charge in [-0.15, -0.1) is 11.6 Å². The van der Waals surface area contributed by atoms with Gasteiger partial charge >= 0.3 is 0 Å². The largest absolute Gasteiger partial charge is 0.396 e. The number of carbonyl (C=O) groups excluding carboxylic acids is 1. The fraction of sp³-hybridized carbons (Fsp3) is 0.400. The summed E-state index contributed by atoms with van der Waals surface area (Å²) < 4.78 is 0. The van der Waals surface area contributed by atoms with E-state index in [2.05, 4.69) is 15.8 Å². The molecule has 0 fully saturated rings. The van der Waals surface area contributed by atoms with E-state index in [-0.39, 0.29) is 24.3 Å². The number of halogens is 2. The Morgan fingerprint density at radius 1 is 1.59 bits per heavy atom. The number of aliphatic hydroxyl groups is 1. The van der Waals surface area contributed by atoms with Crippen LogP contribution in [0.3, 0.4) is 0 Å². The van der Waals surface area contributed by atoms with Crippen LogP contribution in [0.25, 0.3) is 0 Å². The van der Waals surface area contributed by atoms with Crippen molar-refractivity contribution >= 4 is 34.9 Å². The lowest BCUT2D eigenvalue weighted by Crippen LogP contribution is -2.31. The van der Waals surface area contributed by atoms with Crippen LogP contribution in [0.1, 0.15) is 12.8 Å². The molecular weight excluding hydrogens is 265 g/mol. The number of nitrogens with one attached hydrogen (secondary N) is 2. The van der Waals surface area contributed by atoms with Gasteiger partial charge in [-0.3, -0.25) is 15.6 Å². The van der Waals surface area contributed by atoms with E-state index in [1.807, 2.05) is 0 Å². The maximum atomic E-state index is 11.4. The first-order valence-electron chi connectivity index (χ1n) is 5.03. The van der Waals surface area contributed by atoms with Gasteiger partial charge in [-0.1, -0.05) is 11.6 Å². The molecule has 1 rings (SSSR count). The molecule has 0 bridgehead atoms. The number of nitrogens with zero attached hydrogens (tertiary/aromatic N) is 1. The van der Waals surface area contributed by atoms with E-state index in [0.29, 0.717) is 17.3 Å². The average Bonchev–Trinajstić information content (AvgIpc) is 2.28. The lowest BCUT2D eigenvalue weighted by atomic mass is 10.2. The van der Waals surface area contributed by atoms with Crippen molar-refractivity contribution in [2.45, 2.75) is 18.2 Å². The number of carbonyl (C=O) groups is 1. The lowest BCUT2D eigenvalue weighted by molar-refractivity contribution is -0.120. The first-order valence-corrected chi connectivity index (χ1v) is 5.85. The number of hydrazine groups is 1. The zero-order valence-electron chi connectivity index (χ0n) is 8.99. The highest BCUT2D eigenvalue weighted by Crippen LogP contribution is 2.16.